The van der Waals surface area contributed by atoms with Crippen molar-refractivity contribution in [2.24, 2.45) is 16.7 Å². The maximum Gasteiger partial charge on any atom is 0.281 e. The van der Waals surface area contributed by atoms with E-state index >= 15 is 0 Å². The lowest BCUT2D eigenvalue weighted by Gasteiger charge is -2.20. The van der Waals surface area contributed by atoms with Gasteiger partial charge in [0, 0.05) is 36.3 Å². The fourth-order valence-corrected chi connectivity index (χ4v) is 8.60. The van der Waals surface area contributed by atoms with E-state index in [1.54, 1.807) is 30.5 Å². The zero-order valence-electron chi connectivity index (χ0n) is 25.0. The minimum absolute atomic E-state index is 0.0844. The van der Waals surface area contributed by atoms with Crippen LogP contribution in [0.5, 0.6) is 5.88 Å². The van der Waals surface area contributed by atoms with Gasteiger partial charge >= 0.3 is 0 Å². The van der Waals surface area contributed by atoms with Crippen LogP contribution in [-0.2, 0) is 10.0 Å². The molecule has 1 amide bonds. The Morgan fingerprint density at radius 3 is 2.55 bits per heavy atom. The summed E-state index contributed by atoms with van der Waals surface area (Å²) in [6.45, 7) is 5.77. The molecule has 3 aromatic heterocycles. The largest absolute Gasteiger partial charge is 0.476 e. The minimum Gasteiger partial charge on any atom is -0.476 e. The molecule has 0 bridgehead atoms. The second kappa shape index (κ2) is 10.7. The minimum atomic E-state index is -4.26. The average molecular weight is 640 g/mol. The van der Waals surface area contributed by atoms with Crippen LogP contribution in [0, 0.1) is 16.7 Å². The zero-order valence-corrected chi connectivity index (χ0v) is 26.5. The molecule has 7 rings (SSSR count). The van der Waals surface area contributed by atoms with Gasteiger partial charge in [0.1, 0.15) is 11.0 Å². The number of nitrogens with zero attached hydrogens (tertiary/aromatic N) is 4. The van der Waals surface area contributed by atoms with Crippen molar-refractivity contribution in [1.29, 1.82) is 0 Å². The standard InChI is InChI=1S/C31H38ClN7O4S/c1-29(2)12-10-20(36-29)5-4-17-33-23-6-3-7-26(34-23)44(41,42)38-28(40)21-8-9-24(35-27(21)32)39-18-11-25(37-39)43-19-22-30(13-14-30)31(22)15-16-31/h3,6-9,11,18,20,22,36H,4-5,10,12-17,19H2,1-2H3,(H,33,34)(H,38,40). The molecule has 1 saturated heterocycles. The van der Waals surface area contributed by atoms with E-state index in [9.17, 15) is 13.2 Å². The monoisotopic (exact) mass is 639 g/mol. The smallest absolute Gasteiger partial charge is 0.281 e. The number of anilines is 1. The molecule has 0 radical (unpaired) electrons. The Kier molecular flexibility index (Phi) is 7.17. The van der Waals surface area contributed by atoms with Crippen molar-refractivity contribution in [3.8, 4) is 11.7 Å². The van der Waals surface area contributed by atoms with Crippen LogP contribution in [0.4, 0.5) is 5.82 Å². The van der Waals surface area contributed by atoms with E-state index < -0.39 is 15.9 Å². The topological polar surface area (TPSA) is 140 Å². The maximum atomic E-state index is 13.0. The first-order valence-corrected chi connectivity index (χ1v) is 17.3. The molecular weight excluding hydrogens is 602 g/mol. The van der Waals surface area contributed by atoms with Gasteiger partial charge in [-0.1, -0.05) is 17.7 Å². The van der Waals surface area contributed by atoms with E-state index in [1.165, 1.54) is 42.5 Å². The molecule has 4 aliphatic rings. The summed E-state index contributed by atoms with van der Waals surface area (Å²) >= 11 is 6.33. The van der Waals surface area contributed by atoms with Crippen LogP contribution in [-0.4, -0.2) is 58.8 Å². The number of carbonyl (C=O) groups is 1. The van der Waals surface area contributed by atoms with Crippen LogP contribution in [0.25, 0.3) is 5.82 Å². The summed E-state index contributed by atoms with van der Waals surface area (Å²) in [5, 5.41) is 10.8. The second-order valence-corrected chi connectivity index (χ2v) is 15.4. The fraction of sp³-hybridized carbons (Fsp3) is 0.548. The Morgan fingerprint density at radius 2 is 1.86 bits per heavy atom. The number of fused-ring (bicyclic) bond motifs is 1. The highest BCUT2D eigenvalue weighted by molar-refractivity contribution is 7.90. The number of hydrogen-bond acceptors (Lipinski definition) is 9. The van der Waals surface area contributed by atoms with E-state index in [2.05, 4.69) is 44.3 Å². The number of pyridine rings is 2. The predicted molar refractivity (Wildman–Crippen MR) is 166 cm³/mol. The lowest BCUT2D eigenvalue weighted by atomic mass is 10.0. The molecule has 3 saturated carbocycles. The Balaban J connectivity index is 0.929. The van der Waals surface area contributed by atoms with Gasteiger partial charge in [0.25, 0.3) is 15.9 Å². The fourth-order valence-electron chi connectivity index (χ4n) is 7.43. The highest BCUT2D eigenvalue weighted by Gasteiger charge is 2.86. The third-order valence-electron chi connectivity index (χ3n) is 10.1. The lowest BCUT2D eigenvalue weighted by molar-refractivity contribution is 0.0981. The number of nitrogens with one attached hydrogen (secondary N) is 3. The van der Waals surface area contributed by atoms with Crippen molar-refractivity contribution in [3.05, 3.63) is 53.3 Å². The molecule has 3 aliphatic carbocycles. The molecule has 3 N–H and O–H groups in total. The summed E-state index contributed by atoms with van der Waals surface area (Å²) in [6, 6.07) is 9.85. The summed E-state index contributed by atoms with van der Waals surface area (Å²) in [5.41, 5.74) is 1.23. The van der Waals surface area contributed by atoms with Gasteiger partial charge in [0.2, 0.25) is 5.88 Å². The summed E-state index contributed by atoms with van der Waals surface area (Å²) in [7, 11) is -4.26. The molecule has 0 aromatic carbocycles. The van der Waals surface area contributed by atoms with Crippen molar-refractivity contribution < 1.29 is 17.9 Å². The maximum absolute atomic E-state index is 13.0. The molecule has 1 aliphatic heterocycles. The van der Waals surface area contributed by atoms with Gasteiger partial charge < -0.3 is 15.4 Å². The number of ether oxygens (including phenoxy) is 1. The van der Waals surface area contributed by atoms with Gasteiger partial charge in [-0.2, -0.15) is 8.42 Å². The number of amides is 1. The molecular formula is C31H38ClN7O4S. The molecule has 2 spiro atoms. The van der Waals surface area contributed by atoms with Gasteiger partial charge in [-0.25, -0.2) is 19.4 Å². The van der Waals surface area contributed by atoms with Crippen LogP contribution in [0.2, 0.25) is 5.15 Å². The molecule has 1 unspecified atom stereocenters. The van der Waals surface area contributed by atoms with Crippen LogP contribution < -0.4 is 20.1 Å². The first-order chi connectivity index (χ1) is 21.0. The van der Waals surface area contributed by atoms with E-state index in [1.807, 2.05) is 0 Å². The van der Waals surface area contributed by atoms with Crippen LogP contribution in [0.15, 0.2) is 47.6 Å². The molecule has 13 heteroatoms. The lowest BCUT2D eigenvalue weighted by Crippen LogP contribution is -2.37. The number of rotatable bonds is 12. The van der Waals surface area contributed by atoms with E-state index in [-0.39, 0.29) is 21.3 Å². The molecule has 11 nitrogen and oxygen atoms in total. The zero-order chi connectivity index (χ0) is 30.7. The normalized spacial score (nSPS) is 22.2. The number of halogens is 1. The third-order valence-corrected chi connectivity index (χ3v) is 11.6. The molecule has 3 aromatic rings. The van der Waals surface area contributed by atoms with E-state index in [0.29, 0.717) is 53.5 Å². The second-order valence-electron chi connectivity index (χ2n) is 13.4. The summed E-state index contributed by atoms with van der Waals surface area (Å²) in [5.74, 6) is 1.04. The van der Waals surface area contributed by atoms with E-state index in [4.69, 9.17) is 16.3 Å². The van der Waals surface area contributed by atoms with Crippen LogP contribution >= 0.6 is 11.6 Å². The Hall–Kier alpha value is -3.22. The quantitative estimate of drug-likeness (QED) is 0.190. The predicted octanol–water partition coefficient (Wildman–Crippen LogP) is 4.73. The summed E-state index contributed by atoms with van der Waals surface area (Å²) in [4.78, 5) is 21.4. The number of aromatic nitrogens is 4. The molecule has 4 heterocycles. The van der Waals surface area contributed by atoms with Crippen LogP contribution in [0.3, 0.4) is 0 Å². The molecule has 44 heavy (non-hydrogen) atoms. The van der Waals surface area contributed by atoms with Crippen molar-refractivity contribution in [1.82, 2.24) is 29.8 Å². The number of hydrogen-bond donors (Lipinski definition) is 3. The SMILES string of the molecule is CC1(C)CCC(CCCNc2cccc(S(=O)(=O)NC(=O)c3ccc(-n4ccc(OCC5C6(CC6)C56CC6)n4)nc3Cl)n2)N1. The summed E-state index contributed by atoms with van der Waals surface area (Å²) in [6.07, 6.45) is 11.3. The van der Waals surface area contributed by atoms with Gasteiger partial charge in [0.15, 0.2) is 10.8 Å². The highest BCUT2D eigenvalue weighted by Crippen LogP contribution is 2.92. The third kappa shape index (κ3) is 5.56. The Morgan fingerprint density at radius 1 is 1.09 bits per heavy atom. The molecule has 1 atom stereocenters. The Bertz CT molecular complexity index is 1680. The van der Waals surface area contributed by atoms with Crippen molar-refractivity contribution in [2.45, 2.75) is 81.8 Å². The van der Waals surface area contributed by atoms with Crippen LogP contribution in [0.1, 0.15) is 75.6 Å². The van der Waals surface area contributed by atoms with Gasteiger partial charge in [-0.15, -0.1) is 5.10 Å². The number of sulfonamides is 1. The van der Waals surface area contributed by atoms with E-state index in [0.717, 1.165) is 25.7 Å². The van der Waals surface area contributed by atoms with Crippen molar-refractivity contribution in [3.63, 3.8) is 0 Å². The highest BCUT2D eigenvalue weighted by atomic mass is 35.5. The number of carbonyl (C=O) groups excluding carboxylic acids is 1. The van der Waals surface area contributed by atoms with Gasteiger partial charge in [0.05, 0.1) is 12.2 Å². The Labute approximate surface area is 262 Å². The molecule has 4 fully saturated rings. The van der Waals surface area contributed by atoms with Gasteiger partial charge in [-0.3, -0.25) is 4.79 Å². The first-order valence-electron chi connectivity index (χ1n) is 15.4. The molecule has 234 valence electrons. The summed E-state index contributed by atoms with van der Waals surface area (Å²) < 4.78 is 35.6. The van der Waals surface area contributed by atoms with Crippen molar-refractivity contribution in [2.75, 3.05) is 18.5 Å². The first kappa shape index (κ1) is 29.5. The average Bonchev–Trinajstić information content (AvgIpc) is 3.93. The van der Waals surface area contributed by atoms with Gasteiger partial charge in [-0.05, 0) is 100 Å². The van der Waals surface area contributed by atoms with Crippen molar-refractivity contribution >= 4 is 33.3 Å².